The quantitative estimate of drug-likeness (QED) is 0.686. The number of hydrogen-bond donors (Lipinski definition) is 0. The van der Waals surface area contributed by atoms with Gasteiger partial charge in [0, 0.05) is 31.8 Å². The fourth-order valence-corrected chi connectivity index (χ4v) is 3.44. The molecule has 7 nitrogen and oxygen atoms in total. The first kappa shape index (κ1) is 17.8. The summed E-state index contributed by atoms with van der Waals surface area (Å²) in [5.74, 6) is -0.352. The summed E-state index contributed by atoms with van der Waals surface area (Å²) in [4.78, 5) is 28.7. The van der Waals surface area contributed by atoms with E-state index in [2.05, 4.69) is 4.98 Å². The standard InChI is InChI=1S/C20H18FN5O2/c1-13(27)25-12-11-24-20(26(25)14(2)28)18(15-7-9-22-10-8-15)19(23-24)16-3-5-17(21)6-4-16/h3-10H,11-12H2,1-2H3. The van der Waals surface area contributed by atoms with E-state index in [1.807, 2.05) is 12.1 Å². The molecule has 1 aliphatic rings. The van der Waals surface area contributed by atoms with Crippen molar-refractivity contribution >= 4 is 17.6 Å². The lowest BCUT2D eigenvalue weighted by atomic mass is 10.0. The zero-order valence-electron chi connectivity index (χ0n) is 15.5. The van der Waals surface area contributed by atoms with Gasteiger partial charge in [-0.3, -0.25) is 14.6 Å². The SMILES string of the molecule is CC(=O)N1CCn2nc(-c3ccc(F)cc3)c(-c3ccncc3)c2N1C(C)=O. The molecule has 0 fully saturated rings. The molecular weight excluding hydrogens is 361 g/mol. The van der Waals surface area contributed by atoms with Crippen LogP contribution in [0.5, 0.6) is 0 Å². The highest BCUT2D eigenvalue weighted by Crippen LogP contribution is 2.41. The number of amides is 2. The van der Waals surface area contributed by atoms with Crippen molar-refractivity contribution in [1.82, 2.24) is 19.8 Å². The molecule has 0 N–H and O–H groups in total. The first-order chi connectivity index (χ1) is 13.5. The van der Waals surface area contributed by atoms with Crippen molar-refractivity contribution in [2.45, 2.75) is 20.4 Å². The van der Waals surface area contributed by atoms with Crippen LogP contribution >= 0.6 is 0 Å². The van der Waals surface area contributed by atoms with E-state index in [9.17, 15) is 14.0 Å². The molecule has 0 unspecified atom stereocenters. The van der Waals surface area contributed by atoms with Crippen LogP contribution in [-0.4, -0.2) is 38.1 Å². The van der Waals surface area contributed by atoms with Gasteiger partial charge in [0.25, 0.3) is 0 Å². The predicted octanol–water partition coefficient (Wildman–Crippen LogP) is 2.88. The van der Waals surface area contributed by atoms with E-state index in [0.717, 1.165) is 5.56 Å². The van der Waals surface area contributed by atoms with Crippen LogP contribution in [-0.2, 0) is 16.1 Å². The molecule has 3 heterocycles. The molecule has 0 saturated carbocycles. The lowest BCUT2D eigenvalue weighted by Gasteiger charge is -2.37. The van der Waals surface area contributed by atoms with Gasteiger partial charge in [-0.1, -0.05) is 0 Å². The Hall–Kier alpha value is -3.55. The topological polar surface area (TPSA) is 71.3 Å². The van der Waals surface area contributed by atoms with Crippen LogP contribution in [0, 0.1) is 5.82 Å². The van der Waals surface area contributed by atoms with Crippen molar-refractivity contribution in [3.05, 3.63) is 54.6 Å². The zero-order valence-corrected chi connectivity index (χ0v) is 15.5. The molecule has 4 rings (SSSR count). The number of carbonyl (C=O) groups excluding carboxylic acids is 2. The molecule has 28 heavy (non-hydrogen) atoms. The summed E-state index contributed by atoms with van der Waals surface area (Å²) in [6, 6.07) is 9.67. The molecule has 0 radical (unpaired) electrons. The number of fused-ring (bicyclic) bond motifs is 1. The second-order valence-corrected chi connectivity index (χ2v) is 6.49. The minimum Gasteiger partial charge on any atom is -0.273 e. The Bertz CT molecular complexity index is 1050. The van der Waals surface area contributed by atoms with E-state index < -0.39 is 0 Å². The minimum atomic E-state index is -0.341. The molecule has 0 aliphatic carbocycles. The summed E-state index contributed by atoms with van der Waals surface area (Å²) in [6.45, 7) is 3.61. The lowest BCUT2D eigenvalue weighted by Crippen LogP contribution is -2.53. The third-order valence-electron chi connectivity index (χ3n) is 4.64. The van der Waals surface area contributed by atoms with E-state index in [1.165, 1.54) is 36.0 Å². The molecule has 8 heteroatoms. The Morgan fingerprint density at radius 1 is 0.929 bits per heavy atom. The molecule has 0 spiro atoms. The monoisotopic (exact) mass is 379 g/mol. The maximum Gasteiger partial charge on any atom is 0.244 e. The average molecular weight is 379 g/mol. The van der Waals surface area contributed by atoms with Crippen LogP contribution in [0.25, 0.3) is 22.4 Å². The second-order valence-electron chi connectivity index (χ2n) is 6.49. The number of aromatic nitrogens is 3. The average Bonchev–Trinajstić information content (AvgIpc) is 3.07. The third-order valence-corrected chi connectivity index (χ3v) is 4.64. The number of hydrazine groups is 1. The van der Waals surface area contributed by atoms with Crippen molar-refractivity contribution in [2.24, 2.45) is 0 Å². The highest BCUT2D eigenvalue weighted by atomic mass is 19.1. The summed E-state index contributed by atoms with van der Waals surface area (Å²) < 4.78 is 15.1. The number of rotatable bonds is 2. The molecular formula is C20H18FN5O2. The van der Waals surface area contributed by atoms with E-state index >= 15 is 0 Å². The molecule has 1 aliphatic heterocycles. The molecule has 1 aromatic carbocycles. The van der Waals surface area contributed by atoms with Crippen LogP contribution in [0.1, 0.15) is 13.8 Å². The van der Waals surface area contributed by atoms with Gasteiger partial charge in [0.2, 0.25) is 11.8 Å². The van der Waals surface area contributed by atoms with Crippen molar-refractivity contribution in [1.29, 1.82) is 0 Å². The van der Waals surface area contributed by atoms with Gasteiger partial charge in [-0.25, -0.2) is 14.1 Å². The molecule has 2 aromatic heterocycles. The number of carbonyl (C=O) groups is 2. The van der Waals surface area contributed by atoms with E-state index in [1.54, 1.807) is 29.2 Å². The Balaban J connectivity index is 2.00. The Kier molecular flexibility index (Phi) is 4.38. The van der Waals surface area contributed by atoms with E-state index in [0.29, 0.717) is 35.7 Å². The van der Waals surface area contributed by atoms with Gasteiger partial charge in [-0.2, -0.15) is 10.1 Å². The van der Waals surface area contributed by atoms with Crippen molar-refractivity contribution in [3.8, 4) is 22.4 Å². The Labute approximate surface area is 161 Å². The van der Waals surface area contributed by atoms with Crippen molar-refractivity contribution in [3.63, 3.8) is 0 Å². The number of nitrogens with zero attached hydrogens (tertiary/aromatic N) is 5. The molecule has 2 amide bonds. The first-order valence-electron chi connectivity index (χ1n) is 8.83. The summed E-state index contributed by atoms with van der Waals surface area (Å²) >= 11 is 0. The number of anilines is 1. The smallest absolute Gasteiger partial charge is 0.244 e. The number of hydrogen-bond acceptors (Lipinski definition) is 4. The van der Waals surface area contributed by atoms with E-state index in [4.69, 9.17) is 5.10 Å². The van der Waals surface area contributed by atoms with Crippen LogP contribution in [0.2, 0.25) is 0 Å². The predicted molar refractivity (Wildman–Crippen MR) is 101 cm³/mol. The Morgan fingerprint density at radius 3 is 2.21 bits per heavy atom. The van der Waals surface area contributed by atoms with Crippen LogP contribution in [0.3, 0.4) is 0 Å². The highest BCUT2D eigenvalue weighted by molar-refractivity contribution is 6.01. The minimum absolute atomic E-state index is 0.230. The lowest BCUT2D eigenvalue weighted by molar-refractivity contribution is -0.135. The van der Waals surface area contributed by atoms with Gasteiger partial charge in [-0.15, -0.1) is 0 Å². The van der Waals surface area contributed by atoms with Gasteiger partial charge in [0.05, 0.1) is 18.7 Å². The zero-order chi connectivity index (χ0) is 19.8. The number of benzene rings is 1. The number of pyridine rings is 1. The van der Waals surface area contributed by atoms with Crippen molar-refractivity contribution < 1.29 is 14.0 Å². The second kappa shape index (κ2) is 6.88. The maximum atomic E-state index is 13.4. The first-order valence-corrected chi connectivity index (χ1v) is 8.83. The summed E-state index contributed by atoms with van der Waals surface area (Å²) in [5, 5.41) is 7.47. The fourth-order valence-electron chi connectivity index (χ4n) is 3.44. The molecule has 3 aromatic rings. The molecule has 142 valence electrons. The molecule has 0 atom stereocenters. The van der Waals surface area contributed by atoms with Gasteiger partial charge in [-0.05, 0) is 42.0 Å². The summed E-state index contributed by atoms with van der Waals surface area (Å²) in [5.41, 5.74) is 2.81. The van der Waals surface area contributed by atoms with Crippen LogP contribution < -0.4 is 5.01 Å². The van der Waals surface area contributed by atoms with Crippen LogP contribution in [0.4, 0.5) is 10.2 Å². The number of halogens is 1. The summed E-state index contributed by atoms with van der Waals surface area (Å²) in [6.07, 6.45) is 3.30. The largest absolute Gasteiger partial charge is 0.273 e. The summed E-state index contributed by atoms with van der Waals surface area (Å²) in [7, 11) is 0. The fraction of sp³-hybridized carbons (Fsp3) is 0.200. The Morgan fingerprint density at radius 2 is 1.61 bits per heavy atom. The van der Waals surface area contributed by atoms with Gasteiger partial charge in [0.15, 0.2) is 5.82 Å². The normalized spacial score (nSPS) is 13.4. The van der Waals surface area contributed by atoms with Gasteiger partial charge in [0.1, 0.15) is 11.5 Å². The molecule has 0 saturated heterocycles. The third kappa shape index (κ3) is 2.92. The van der Waals surface area contributed by atoms with Crippen molar-refractivity contribution in [2.75, 3.05) is 11.6 Å². The van der Waals surface area contributed by atoms with E-state index in [-0.39, 0.29) is 17.6 Å². The van der Waals surface area contributed by atoms with Gasteiger partial charge >= 0.3 is 0 Å². The molecule has 0 bridgehead atoms. The van der Waals surface area contributed by atoms with Crippen LogP contribution in [0.15, 0.2) is 48.8 Å². The van der Waals surface area contributed by atoms with Gasteiger partial charge < -0.3 is 0 Å². The highest BCUT2D eigenvalue weighted by Gasteiger charge is 2.35. The maximum absolute atomic E-state index is 13.4.